The molecule has 0 bridgehead atoms. The fourth-order valence-corrected chi connectivity index (χ4v) is 1.94. The lowest BCUT2D eigenvalue weighted by atomic mass is 10.1. The zero-order valence-corrected chi connectivity index (χ0v) is 12.6. The van der Waals surface area contributed by atoms with Gasteiger partial charge in [0.05, 0.1) is 6.54 Å². The van der Waals surface area contributed by atoms with E-state index in [1.807, 2.05) is 62.4 Å². The normalized spacial score (nSPS) is 11.8. The summed E-state index contributed by atoms with van der Waals surface area (Å²) >= 11 is 0. The van der Waals surface area contributed by atoms with Gasteiger partial charge >= 0.3 is 0 Å². The third-order valence-corrected chi connectivity index (χ3v) is 3.18. The van der Waals surface area contributed by atoms with Gasteiger partial charge in [-0.05, 0) is 37.1 Å². The molecule has 2 nitrogen and oxygen atoms in total. The van der Waals surface area contributed by atoms with Crippen molar-refractivity contribution in [2.45, 2.75) is 20.4 Å². The molecule has 0 fully saturated rings. The average Bonchev–Trinajstić information content (AvgIpc) is 2.54. The van der Waals surface area contributed by atoms with Gasteiger partial charge in [0.25, 0.3) is 0 Å². The topological polar surface area (TPSA) is 21.6 Å². The zero-order chi connectivity index (χ0) is 14.9. The van der Waals surface area contributed by atoms with E-state index in [4.69, 9.17) is 4.74 Å². The summed E-state index contributed by atoms with van der Waals surface area (Å²) in [5.41, 5.74) is 3.34. The molecule has 0 atom stereocenters. The van der Waals surface area contributed by atoms with E-state index in [0.29, 0.717) is 13.2 Å². The second-order valence-corrected chi connectivity index (χ2v) is 4.80. The summed E-state index contributed by atoms with van der Waals surface area (Å²) in [5.74, 6) is 0.875. The highest BCUT2D eigenvalue weighted by Crippen LogP contribution is 2.14. The molecule has 2 aromatic rings. The summed E-state index contributed by atoms with van der Waals surface area (Å²) in [7, 11) is 0. The molecule has 0 aromatic heterocycles. The lowest BCUT2D eigenvalue weighted by Gasteiger charge is -2.06. The fraction of sp³-hybridized carbons (Fsp3) is 0.211. The van der Waals surface area contributed by atoms with Gasteiger partial charge in [-0.1, -0.05) is 54.6 Å². The molecule has 0 N–H and O–H groups in total. The quantitative estimate of drug-likeness (QED) is 0.557. The molecule has 0 aliphatic rings. The van der Waals surface area contributed by atoms with Gasteiger partial charge in [-0.25, -0.2) is 0 Å². The smallest absolute Gasteiger partial charge is 0.120 e. The molecular weight excluding hydrogens is 258 g/mol. The lowest BCUT2D eigenvalue weighted by Crippen LogP contribution is -1.98. The highest BCUT2D eigenvalue weighted by molar-refractivity contribution is 5.99. The van der Waals surface area contributed by atoms with Crippen molar-refractivity contribution in [3.8, 4) is 5.75 Å². The predicted octanol–water partition coefficient (Wildman–Crippen LogP) is 4.65. The SMILES string of the molecule is C/C=C/COc1cccc(C(C)=NCc2ccccc2)c1. The van der Waals surface area contributed by atoms with Gasteiger partial charge in [0, 0.05) is 5.71 Å². The van der Waals surface area contributed by atoms with Crippen LogP contribution in [0.1, 0.15) is 25.0 Å². The number of allylic oxidation sites excluding steroid dienone is 1. The standard InChI is InChI=1S/C19H21NO/c1-3-4-13-21-19-12-8-11-18(14-19)16(2)20-15-17-9-6-5-7-10-17/h3-12,14H,13,15H2,1-2H3/b4-3+,20-16?. The second-order valence-electron chi connectivity index (χ2n) is 4.80. The molecule has 0 amide bonds. The second kappa shape index (κ2) is 8.05. The van der Waals surface area contributed by atoms with Crippen LogP contribution in [0.3, 0.4) is 0 Å². The van der Waals surface area contributed by atoms with Crippen molar-refractivity contribution in [1.82, 2.24) is 0 Å². The Bertz CT molecular complexity index is 614. The van der Waals surface area contributed by atoms with Crippen LogP contribution in [0.25, 0.3) is 0 Å². The van der Waals surface area contributed by atoms with Crippen LogP contribution in [0.15, 0.2) is 71.7 Å². The van der Waals surface area contributed by atoms with E-state index in [-0.39, 0.29) is 0 Å². The van der Waals surface area contributed by atoms with Crippen LogP contribution in [0.4, 0.5) is 0 Å². The van der Waals surface area contributed by atoms with E-state index < -0.39 is 0 Å². The maximum absolute atomic E-state index is 5.66. The van der Waals surface area contributed by atoms with Gasteiger partial charge in [0.1, 0.15) is 12.4 Å². The third kappa shape index (κ3) is 4.92. The van der Waals surface area contributed by atoms with Crippen LogP contribution in [-0.4, -0.2) is 12.3 Å². The van der Waals surface area contributed by atoms with Crippen molar-refractivity contribution in [3.05, 3.63) is 77.9 Å². The Balaban J connectivity index is 2.04. The first kappa shape index (κ1) is 15.0. The third-order valence-electron chi connectivity index (χ3n) is 3.18. The molecule has 108 valence electrons. The van der Waals surface area contributed by atoms with Gasteiger partial charge < -0.3 is 4.74 Å². The molecule has 2 rings (SSSR count). The Hall–Kier alpha value is -2.35. The molecule has 0 unspecified atom stereocenters. The summed E-state index contributed by atoms with van der Waals surface area (Å²) in [4.78, 5) is 4.65. The zero-order valence-electron chi connectivity index (χ0n) is 12.6. The van der Waals surface area contributed by atoms with E-state index in [1.54, 1.807) is 0 Å². The molecule has 0 spiro atoms. The molecule has 0 heterocycles. The van der Waals surface area contributed by atoms with Gasteiger partial charge in [-0.15, -0.1) is 0 Å². The summed E-state index contributed by atoms with van der Waals surface area (Å²) in [6.07, 6.45) is 3.97. The Labute approximate surface area is 126 Å². The van der Waals surface area contributed by atoms with E-state index in [1.165, 1.54) is 5.56 Å². The highest BCUT2D eigenvalue weighted by atomic mass is 16.5. The van der Waals surface area contributed by atoms with E-state index in [0.717, 1.165) is 17.0 Å². The number of benzene rings is 2. The fourth-order valence-electron chi connectivity index (χ4n) is 1.94. The Kier molecular flexibility index (Phi) is 5.77. The van der Waals surface area contributed by atoms with Gasteiger partial charge in [-0.3, -0.25) is 4.99 Å². The molecule has 0 saturated carbocycles. The summed E-state index contributed by atoms with van der Waals surface area (Å²) in [6, 6.07) is 18.3. The van der Waals surface area contributed by atoms with Gasteiger partial charge in [0.2, 0.25) is 0 Å². The number of hydrogen-bond donors (Lipinski definition) is 0. The van der Waals surface area contributed by atoms with E-state index in [9.17, 15) is 0 Å². The maximum Gasteiger partial charge on any atom is 0.120 e. The van der Waals surface area contributed by atoms with Gasteiger partial charge in [-0.2, -0.15) is 0 Å². The molecule has 0 saturated heterocycles. The number of ether oxygens (including phenoxy) is 1. The summed E-state index contributed by atoms with van der Waals surface area (Å²) in [5, 5.41) is 0. The van der Waals surface area contributed by atoms with Crippen LogP contribution in [-0.2, 0) is 6.54 Å². The van der Waals surface area contributed by atoms with E-state index >= 15 is 0 Å². The number of nitrogens with zero attached hydrogens (tertiary/aromatic N) is 1. The first-order chi connectivity index (χ1) is 10.3. The van der Waals surface area contributed by atoms with Gasteiger partial charge in [0.15, 0.2) is 0 Å². The summed E-state index contributed by atoms with van der Waals surface area (Å²) < 4.78 is 5.66. The molecule has 2 heteroatoms. The lowest BCUT2D eigenvalue weighted by molar-refractivity contribution is 0.362. The predicted molar refractivity (Wildman–Crippen MR) is 89.1 cm³/mol. The van der Waals surface area contributed by atoms with Crippen LogP contribution in [0.5, 0.6) is 5.75 Å². The van der Waals surface area contributed by atoms with E-state index in [2.05, 4.69) is 23.2 Å². The largest absolute Gasteiger partial charge is 0.490 e. The minimum absolute atomic E-state index is 0.597. The molecule has 0 radical (unpaired) electrons. The van der Waals surface area contributed by atoms with Crippen LogP contribution < -0.4 is 4.74 Å². The Morgan fingerprint density at radius 1 is 1.10 bits per heavy atom. The van der Waals surface area contributed by atoms with Crippen molar-refractivity contribution >= 4 is 5.71 Å². The Morgan fingerprint density at radius 2 is 1.90 bits per heavy atom. The molecule has 0 aliphatic carbocycles. The minimum atomic E-state index is 0.597. The van der Waals surface area contributed by atoms with Crippen LogP contribution in [0, 0.1) is 0 Å². The van der Waals surface area contributed by atoms with Crippen molar-refractivity contribution < 1.29 is 4.74 Å². The monoisotopic (exact) mass is 279 g/mol. The Morgan fingerprint density at radius 3 is 2.67 bits per heavy atom. The number of rotatable bonds is 6. The molecule has 21 heavy (non-hydrogen) atoms. The van der Waals surface area contributed by atoms with Crippen molar-refractivity contribution in [3.63, 3.8) is 0 Å². The molecule has 2 aromatic carbocycles. The molecular formula is C19H21NO. The maximum atomic E-state index is 5.66. The average molecular weight is 279 g/mol. The van der Waals surface area contributed by atoms with Crippen molar-refractivity contribution in [2.24, 2.45) is 4.99 Å². The van der Waals surface area contributed by atoms with Crippen molar-refractivity contribution in [2.75, 3.05) is 6.61 Å². The highest BCUT2D eigenvalue weighted by Gasteiger charge is 2.00. The number of hydrogen-bond acceptors (Lipinski definition) is 2. The summed E-state index contributed by atoms with van der Waals surface area (Å²) in [6.45, 7) is 5.32. The van der Waals surface area contributed by atoms with Crippen LogP contribution in [0.2, 0.25) is 0 Å². The molecule has 0 aliphatic heterocycles. The first-order valence-electron chi connectivity index (χ1n) is 7.19. The van der Waals surface area contributed by atoms with Crippen LogP contribution >= 0.6 is 0 Å². The first-order valence-corrected chi connectivity index (χ1v) is 7.19. The number of aliphatic imine (C=N–C) groups is 1. The van der Waals surface area contributed by atoms with Crippen molar-refractivity contribution in [1.29, 1.82) is 0 Å². The minimum Gasteiger partial charge on any atom is -0.490 e.